The predicted molar refractivity (Wildman–Crippen MR) is 138 cm³/mol. The lowest BCUT2D eigenvalue weighted by Gasteiger charge is -2.64. The fourth-order valence-electron chi connectivity index (χ4n) is 8.77. The number of fused-ring (bicyclic) bond motifs is 4. The lowest BCUT2D eigenvalue weighted by atomic mass is 9.41. The summed E-state index contributed by atoms with van der Waals surface area (Å²) in [6.45, 7) is 10.2. The molecule has 0 amide bonds. The van der Waals surface area contributed by atoms with Crippen LogP contribution in [0, 0.1) is 22.7 Å². The molecule has 34 heavy (non-hydrogen) atoms. The van der Waals surface area contributed by atoms with E-state index in [1.807, 2.05) is 12.3 Å². The van der Waals surface area contributed by atoms with Crippen LogP contribution in [0.4, 0.5) is 0 Å². The second kappa shape index (κ2) is 7.26. The number of hydrogen-bond donors (Lipinski definition) is 1. The van der Waals surface area contributed by atoms with Crippen LogP contribution in [0.1, 0.15) is 70.9 Å². The van der Waals surface area contributed by atoms with Crippen molar-refractivity contribution in [3.63, 3.8) is 0 Å². The standard InChI is InChI=1S/C30H38N2O2/c1-28(2)12-9-13-30(4)22(28)11-14-29(3)19-17-21(33-5)27(34-6)26-24(19)18(16-23(29)30)25(32-26)20-10-7-8-15-31-20/h7-8,10,15,17,22-23,32H,9,11-14,16H2,1-6H3/t22-,23-,29-,30-/m0/s1. The van der Waals surface area contributed by atoms with Crippen molar-refractivity contribution < 1.29 is 9.47 Å². The van der Waals surface area contributed by atoms with E-state index in [1.54, 1.807) is 14.2 Å². The van der Waals surface area contributed by atoms with Gasteiger partial charge in [0.25, 0.3) is 0 Å². The Balaban J connectivity index is 1.64. The first kappa shape index (κ1) is 22.0. The maximum Gasteiger partial charge on any atom is 0.184 e. The van der Waals surface area contributed by atoms with Crippen LogP contribution in [-0.4, -0.2) is 24.2 Å². The molecule has 180 valence electrons. The number of methoxy groups -OCH3 is 2. The van der Waals surface area contributed by atoms with Gasteiger partial charge in [-0.2, -0.15) is 0 Å². The van der Waals surface area contributed by atoms with Gasteiger partial charge >= 0.3 is 0 Å². The number of aromatic amines is 1. The molecule has 0 radical (unpaired) electrons. The van der Waals surface area contributed by atoms with E-state index in [1.165, 1.54) is 48.6 Å². The highest BCUT2D eigenvalue weighted by Gasteiger charge is 2.60. The van der Waals surface area contributed by atoms with E-state index < -0.39 is 0 Å². The summed E-state index contributed by atoms with van der Waals surface area (Å²) in [5, 5.41) is 1.34. The quantitative estimate of drug-likeness (QED) is 0.448. The molecule has 0 bridgehead atoms. The van der Waals surface area contributed by atoms with Gasteiger partial charge in [-0.05, 0) is 89.5 Å². The van der Waals surface area contributed by atoms with Crippen molar-refractivity contribution in [2.75, 3.05) is 14.2 Å². The Hall–Kier alpha value is -2.49. The van der Waals surface area contributed by atoms with Gasteiger partial charge in [0.2, 0.25) is 0 Å². The molecule has 4 nitrogen and oxygen atoms in total. The van der Waals surface area contributed by atoms with Gasteiger partial charge in [-0.1, -0.05) is 40.2 Å². The molecule has 2 fully saturated rings. The predicted octanol–water partition coefficient (Wildman–Crippen LogP) is 7.30. The molecule has 3 aliphatic carbocycles. The van der Waals surface area contributed by atoms with E-state index >= 15 is 0 Å². The molecule has 3 aliphatic rings. The van der Waals surface area contributed by atoms with Gasteiger partial charge in [-0.3, -0.25) is 4.98 Å². The molecule has 4 atom stereocenters. The first-order valence-electron chi connectivity index (χ1n) is 13.0. The minimum absolute atomic E-state index is 0.118. The normalized spacial score (nSPS) is 31.6. The monoisotopic (exact) mass is 458 g/mol. The molecule has 2 saturated carbocycles. The molecule has 0 spiro atoms. The van der Waals surface area contributed by atoms with Gasteiger partial charge in [-0.15, -0.1) is 0 Å². The number of hydrogen-bond acceptors (Lipinski definition) is 3. The van der Waals surface area contributed by atoms with Crippen molar-refractivity contribution in [2.45, 2.75) is 71.6 Å². The summed E-state index contributed by atoms with van der Waals surface area (Å²) in [7, 11) is 3.50. The summed E-state index contributed by atoms with van der Waals surface area (Å²) in [6.07, 6.45) is 9.53. The third-order valence-corrected chi connectivity index (χ3v) is 10.3. The Morgan fingerprint density at radius 3 is 2.53 bits per heavy atom. The summed E-state index contributed by atoms with van der Waals surface area (Å²) in [6, 6.07) is 8.48. The molecule has 4 heteroatoms. The van der Waals surface area contributed by atoms with Crippen LogP contribution in [0.5, 0.6) is 11.5 Å². The van der Waals surface area contributed by atoms with Crippen molar-refractivity contribution in [3.8, 4) is 22.9 Å². The van der Waals surface area contributed by atoms with Crippen LogP contribution in [0.25, 0.3) is 22.3 Å². The van der Waals surface area contributed by atoms with Crippen LogP contribution >= 0.6 is 0 Å². The number of H-pyrrole nitrogens is 1. The molecule has 0 unspecified atom stereocenters. The van der Waals surface area contributed by atoms with Crippen molar-refractivity contribution >= 4 is 10.9 Å². The second-order valence-electron chi connectivity index (χ2n) is 12.2. The highest BCUT2D eigenvalue weighted by Crippen LogP contribution is 2.68. The molecule has 2 aromatic heterocycles. The molecule has 1 aromatic carbocycles. The number of nitrogens with zero attached hydrogens (tertiary/aromatic N) is 1. The Labute approximate surface area is 203 Å². The van der Waals surface area contributed by atoms with Gasteiger partial charge in [0.05, 0.1) is 31.1 Å². The lowest BCUT2D eigenvalue weighted by molar-refractivity contribution is -0.105. The second-order valence-corrected chi connectivity index (χ2v) is 12.2. The summed E-state index contributed by atoms with van der Waals surface area (Å²) in [5.74, 6) is 2.97. The van der Waals surface area contributed by atoms with E-state index in [0.717, 1.165) is 40.7 Å². The highest BCUT2D eigenvalue weighted by molar-refractivity contribution is 5.99. The smallest absolute Gasteiger partial charge is 0.184 e. The SMILES string of the molecule is COc1cc2c3c(c(-c4ccccn4)[nH]c3c1OC)C[C@@H]1[C@@]3(C)CCCC(C)(C)[C@@H]3CC[C@@]21C. The fourth-order valence-corrected chi connectivity index (χ4v) is 8.77. The molecule has 0 saturated heterocycles. The van der Waals surface area contributed by atoms with Gasteiger partial charge in [0, 0.05) is 11.6 Å². The molecular weight excluding hydrogens is 420 g/mol. The average molecular weight is 459 g/mol. The van der Waals surface area contributed by atoms with E-state index in [2.05, 4.69) is 50.9 Å². The molecule has 0 aliphatic heterocycles. The number of aromatic nitrogens is 2. The maximum atomic E-state index is 5.90. The number of rotatable bonds is 3. The zero-order valence-electron chi connectivity index (χ0n) is 21.5. The molecule has 1 N–H and O–H groups in total. The van der Waals surface area contributed by atoms with E-state index in [4.69, 9.17) is 14.5 Å². The van der Waals surface area contributed by atoms with Crippen LogP contribution in [0.2, 0.25) is 0 Å². The Kier molecular flexibility index (Phi) is 4.70. The first-order valence-corrected chi connectivity index (χ1v) is 13.0. The summed E-state index contributed by atoms with van der Waals surface area (Å²) in [4.78, 5) is 8.51. The van der Waals surface area contributed by atoms with Crippen LogP contribution in [0.15, 0.2) is 30.5 Å². The van der Waals surface area contributed by atoms with Crippen molar-refractivity contribution in [1.82, 2.24) is 9.97 Å². The lowest BCUT2D eigenvalue weighted by Crippen LogP contribution is -2.57. The molecule has 6 rings (SSSR count). The number of benzene rings is 1. The summed E-state index contributed by atoms with van der Waals surface area (Å²) in [5.41, 5.74) is 6.91. The van der Waals surface area contributed by atoms with Crippen molar-refractivity contribution in [1.29, 1.82) is 0 Å². The number of ether oxygens (including phenoxy) is 2. The Morgan fingerprint density at radius 2 is 1.82 bits per heavy atom. The summed E-state index contributed by atoms with van der Waals surface area (Å²) >= 11 is 0. The van der Waals surface area contributed by atoms with E-state index in [-0.39, 0.29) is 5.41 Å². The van der Waals surface area contributed by atoms with Crippen molar-refractivity contribution in [3.05, 3.63) is 41.6 Å². The minimum Gasteiger partial charge on any atom is -0.493 e. The van der Waals surface area contributed by atoms with Crippen LogP contribution in [-0.2, 0) is 11.8 Å². The highest BCUT2D eigenvalue weighted by atomic mass is 16.5. The number of nitrogens with one attached hydrogen (secondary N) is 1. The fraction of sp³-hybridized carbons (Fsp3) is 0.567. The topological polar surface area (TPSA) is 47.1 Å². The average Bonchev–Trinajstić information content (AvgIpc) is 3.19. The zero-order chi connectivity index (χ0) is 23.9. The summed E-state index contributed by atoms with van der Waals surface area (Å²) < 4.78 is 11.8. The number of pyridine rings is 1. The van der Waals surface area contributed by atoms with E-state index in [9.17, 15) is 0 Å². The zero-order valence-corrected chi connectivity index (χ0v) is 21.5. The molecule has 3 aromatic rings. The Morgan fingerprint density at radius 1 is 1.00 bits per heavy atom. The van der Waals surface area contributed by atoms with Gasteiger partial charge in [0.15, 0.2) is 11.5 Å². The largest absolute Gasteiger partial charge is 0.493 e. The van der Waals surface area contributed by atoms with Gasteiger partial charge in [-0.25, -0.2) is 0 Å². The van der Waals surface area contributed by atoms with Crippen molar-refractivity contribution in [2.24, 2.45) is 22.7 Å². The third kappa shape index (κ3) is 2.74. The van der Waals surface area contributed by atoms with Crippen LogP contribution < -0.4 is 9.47 Å². The maximum absolute atomic E-state index is 5.90. The third-order valence-electron chi connectivity index (χ3n) is 10.3. The molecular formula is C30H38N2O2. The van der Waals surface area contributed by atoms with Crippen LogP contribution in [0.3, 0.4) is 0 Å². The Bertz CT molecular complexity index is 1260. The van der Waals surface area contributed by atoms with E-state index in [0.29, 0.717) is 16.7 Å². The molecule has 2 heterocycles. The first-order chi connectivity index (χ1) is 16.2. The van der Waals surface area contributed by atoms with Gasteiger partial charge < -0.3 is 14.5 Å². The van der Waals surface area contributed by atoms with Gasteiger partial charge in [0.1, 0.15) is 0 Å². The minimum atomic E-state index is 0.118.